The number of carbonyl (C=O) groups excluding carboxylic acids is 3. The summed E-state index contributed by atoms with van der Waals surface area (Å²) in [7, 11) is 0. The summed E-state index contributed by atoms with van der Waals surface area (Å²) >= 11 is 0. The monoisotopic (exact) mass is 569 g/mol. The molecule has 40 heavy (non-hydrogen) atoms. The molecule has 0 aliphatic rings. The molecule has 0 aliphatic carbocycles. The molecule has 0 aliphatic heterocycles. The molecule has 0 fully saturated rings. The van der Waals surface area contributed by atoms with Gasteiger partial charge in [0.15, 0.2) is 11.6 Å². The van der Waals surface area contributed by atoms with E-state index < -0.39 is 71.7 Å². The second-order valence-electron chi connectivity index (χ2n) is 10.2. The van der Waals surface area contributed by atoms with E-state index >= 15 is 0 Å². The fraction of sp³-hybridized carbons (Fsp3) is 0.630. The van der Waals surface area contributed by atoms with Gasteiger partial charge in [-0.2, -0.15) is 0 Å². The number of amides is 3. The highest BCUT2D eigenvalue weighted by Gasteiger charge is 2.46. The number of nitrogens with one attached hydrogen (secondary N) is 3. The predicted octanol–water partition coefficient (Wildman–Crippen LogP) is 1.21. The Morgan fingerprint density at radius 1 is 0.950 bits per heavy atom. The van der Waals surface area contributed by atoms with Gasteiger partial charge >= 0.3 is 17.9 Å². The Kier molecular flexibility index (Phi) is 15.5. The summed E-state index contributed by atoms with van der Waals surface area (Å²) in [6.07, 6.45) is 6.39. The van der Waals surface area contributed by atoms with Gasteiger partial charge in [0.1, 0.15) is 12.1 Å². The van der Waals surface area contributed by atoms with Crippen LogP contribution < -0.4 is 16.0 Å². The number of aliphatic carboxylic acids is 3. The van der Waals surface area contributed by atoms with Gasteiger partial charge in [-0.15, -0.1) is 0 Å². The van der Waals surface area contributed by atoms with Crippen LogP contribution in [0.2, 0.25) is 0 Å². The molecule has 13 nitrogen and oxygen atoms in total. The summed E-state index contributed by atoms with van der Waals surface area (Å²) < 4.78 is 0. The number of rotatable bonds is 19. The molecule has 0 aromatic heterocycles. The van der Waals surface area contributed by atoms with Crippen LogP contribution in [0.1, 0.15) is 73.1 Å². The fourth-order valence-electron chi connectivity index (χ4n) is 3.64. The molecular formula is C27H43N3O10. The third-order valence-electron chi connectivity index (χ3n) is 6.44. The van der Waals surface area contributed by atoms with E-state index in [1.54, 1.807) is 6.08 Å². The average molecular weight is 570 g/mol. The van der Waals surface area contributed by atoms with Gasteiger partial charge in [0.05, 0.1) is 6.42 Å². The van der Waals surface area contributed by atoms with Crippen LogP contribution in [-0.2, 0) is 28.8 Å². The number of hydrogen-bond donors (Lipinski definition) is 7. The minimum atomic E-state index is -2.75. The quantitative estimate of drug-likeness (QED) is 0.0870. The Morgan fingerprint density at radius 3 is 2.02 bits per heavy atom. The maximum Gasteiger partial charge on any atom is 0.329 e. The topological polar surface area (TPSA) is 219 Å². The first-order chi connectivity index (χ1) is 18.4. The van der Waals surface area contributed by atoms with Crippen LogP contribution in [0.4, 0.5) is 0 Å². The molecule has 0 saturated heterocycles. The molecule has 226 valence electrons. The number of unbranched alkanes of at least 4 members (excludes halogenated alkanes) is 2. The van der Waals surface area contributed by atoms with Crippen molar-refractivity contribution in [1.82, 2.24) is 16.0 Å². The first-order valence-electron chi connectivity index (χ1n) is 13.1. The Hall–Kier alpha value is -3.74. The van der Waals surface area contributed by atoms with E-state index in [0.29, 0.717) is 5.57 Å². The van der Waals surface area contributed by atoms with E-state index in [-0.39, 0.29) is 12.3 Å². The molecule has 0 heterocycles. The van der Waals surface area contributed by atoms with Crippen LogP contribution >= 0.6 is 0 Å². The molecular weight excluding hydrogens is 526 g/mol. The minimum Gasteiger partial charge on any atom is -0.481 e. The molecule has 3 amide bonds. The fourth-order valence-corrected chi connectivity index (χ4v) is 3.64. The summed E-state index contributed by atoms with van der Waals surface area (Å²) in [6, 6.07) is -5.48. The molecule has 0 aromatic carbocycles. The van der Waals surface area contributed by atoms with Crippen molar-refractivity contribution in [3.63, 3.8) is 0 Å². The van der Waals surface area contributed by atoms with Crippen molar-refractivity contribution in [2.24, 2.45) is 11.8 Å². The maximum absolute atomic E-state index is 13.1. The highest BCUT2D eigenvalue weighted by atomic mass is 16.4. The van der Waals surface area contributed by atoms with E-state index in [2.05, 4.69) is 24.1 Å². The molecule has 7 N–H and O–H groups in total. The maximum atomic E-state index is 13.1. The molecule has 0 spiro atoms. The van der Waals surface area contributed by atoms with Crippen molar-refractivity contribution in [2.45, 2.75) is 96.9 Å². The Balaban J connectivity index is 5.69. The van der Waals surface area contributed by atoms with Crippen molar-refractivity contribution >= 4 is 35.6 Å². The number of hydrogen-bond acceptors (Lipinski definition) is 7. The van der Waals surface area contributed by atoms with Crippen LogP contribution in [0, 0.1) is 11.8 Å². The van der Waals surface area contributed by atoms with Crippen molar-refractivity contribution < 1.29 is 49.2 Å². The smallest absolute Gasteiger partial charge is 0.329 e. The highest BCUT2D eigenvalue weighted by molar-refractivity contribution is 5.98. The lowest BCUT2D eigenvalue weighted by molar-refractivity contribution is -0.158. The third kappa shape index (κ3) is 12.4. The lowest BCUT2D eigenvalue weighted by atomic mass is 9.90. The van der Waals surface area contributed by atoms with Crippen LogP contribution in [-0.4, -0.2) is 79.8 Å². The minimum absolute atomic E-state index is 0.197. The molecule has 0 saturated carbocycles. The van der Waals surface area contributed by atoms with Gasteiger partial charge in [-0.05, 0) is 26.2 Å². The van der Waals surface area contributed by atoms with E-state index in [0.717, 1.165) is 32.6 Å². The normalized spacial score (nSPS) is 16.4. The van der Waals surface area contributed by atoms with E-state index in [1.165, 1.54) is 13.8 Å². The summed E-state index contributed by atoms with van der Waals surface area (Å²) in [5.41, 5.74) is -2.39. The van der Waals surface area contributed by atoms with Crippen molar-refractivity contribution in [3.05, 3.63) is 24.3 Å². The Labute approximate surface area is 234 Å². The summed E-state index contributed by atoms with van der Waals surface area (Å²) in [6.45, 7) is 11.6. The SMILES string of the molecule is C=C(C)[C@@H](C)[C@H](NC(=O)[C@@](C)(O)[C@H](NC(=O)C/C=C/[C@@H](C)CCCCC)C(=O)O)C(=O)N[C@@H](CC(=O)O)C(=O)O. The zero-order valence-corrected chi connectivity index (χ0v) is 23.7. The van der Waals surface area contributed by atoms with E-state index in [4.69, 9.17) is 5.11 Å². The largest absolute Gasteiger partial charge is 0.481 e. The third-order valence-corrected chi connectivity index (χ3v) is 6.44. The van der Waals surface area contributed by atoms with Gasteiger partial charge in [0.2, 0.25) is 11.8 Å². The number of carboxylic acid groups (broad SMARTS) is 3. The Morgan fingerprint density at radius 2 is 1.55 bits per heavy atom. The molecule has 0 radical (unpaired) electrons. The molecule has 0 aromatic rings. The number of aliphatic hydroxyl groups is 1. The van der Waals surface area contributed by atoms with Crippen LogP contribution in [0.25, 0.3) is 0 Å². The summed E-state index contributed by atoms with van der Waals surface area (Å²) in [5.74, 6) is -8.69. The summed E-state index contributed by atoms with van der Waals surface area (Å²) in [5, 5.41) is 45.0. The van der Waals surface area contributed by atoms with Gasteiger partial charge in [-0.25, -0.2) is 9.59 Å². The zero-order valence-electron chi connectivity index (χ0n) is 23.7. The van der Waals surface area contributed by atoms with Crippen LogP contribution in [0.3, 0.4) is 0 Å². The van der Waals surface area contributed by atoms with E-state index in [1.807, 2.05) is 18.3 Å². The lowest BCUT2D eigenvalue weighted by Gasteiger charge is -2.33. The van der Waals surface area contributed by atoms with Gasteiger partial charge in [0.25, 0.3) is 5.91 Å². The van der Waals surface area contributed by atoms with Crippen molar-refractivity contribution in [1.29, 1.82) is 0 Å². The zero-order chi connectivity index (χ0) is 31.2. The number of allylic oxidation sites excluding steroid dienone is 1. The van der Waals surface area contributed by atoms with Crippen LogP contribution in [0.15, 0.2) is 24.3 Å². The van der Waals surface area contributed by atoms with E-state index in [9.17, 15) is 44.1 Å². The van der Waals surface area contributed by atoms with Gasteiger partial charge in [-0.1, -0.05) is 64.3 Å². The number of carboxylic acids is 3. The van der Waals surface area contributed by atoms with Crippen molar-refractivity contribution in [2.75, 3.05) is 0 Å². The summed E-state index contributed by atoms with van der Waals surface area (Å²) in [4.78, 5) is 72.6. The Bertz CT molecular complexity index is 976. The van der Waals surface area contributed by atoms with Gasteiger partial charge in [0, 0.05) is 12.3 Å². The van der Waals surface area contributed by atoms with Gasteiger partial charge in [-0.3, -0.25) is 19.2 Å². The second-order valence-corrected chi connectivity index (χ2v) is 10.2. The molecule has 6 atom stereocenters. The first kappa shape index (κ1) is 36.3. The lowest BCUT2D eigenvalue weighted by Crippen LogP contribution is -2.65. The molecule has 0 rings (SSSR count). The molecule has 13 heteroatoms. The second kappa shape index (κ2) is 17.1. The number of carbonyl (C=O) groups is 6. The highest BCUT2D eigenvalue weighted by Crippen LogP contribution is 2.18. The first-order valence-corrected chi connectivity index (χ1v) is 13.1. The molecule has 0 unspecified atom stereocenters. The standard InChI is InChI=1S/C27H43N3O10/c1-7-8-9-11-16(4)12-10-13-19(31)29-22(25(37)38)27(6,40)26(39)30-21(17(5)15(2)3)23(34)28-18(24(35)36)14-20(32)33/h10,12,16-18,21-22,40H,2,7-9,11,13-14H2,1,3-6H3,(H,28,34)(H,29,31)(H,30,39)(H,32,33)(H,35,36)(H,37,38)/b12-10+/t16-,17+,18-,21-,22+,27-/m0/s1. The van der Waals surface area contributed by atoms with Crippen LogP contribution in [0.5, 0.6) is 0 Å². The van der Waals surface area contributed by atoms with Gasteiger partial charge < -0.3 is 36.4 Å². The predicted molar refractivity (Wildman–Crippen MR) is 145 cm³/mol. The van der Waals surface area contributed by atoms with Crippen molar-refractivity contribution in [3.8, 4) is 0 Å². The average Bonchev–Trinajstić information content (AvgIpc) is 2.84. The molecule has 0 bridgehead atoms.